The van der Waals surface area contributed by atoms with Crippen molar-refractivity contribution in [1.82, 2.24) is 0 Å². The number of nitrogens with two attached hydrogens (primary N) is 1. The Morgan fingerprint density at radius 1 is 0.641 bits per heavy atom. The molecule has 3 heterocycles. The van der Waals surface area contributed by atoms with E-state index in [4.69, 9.17) is 24.7 Å². The van der Waals surface area contributed by atoms with Gasteiger partial charge in [0.1, 0.15) is 18.1 Å². The van der Waals surface area contributed by atoms with Gasteiger partial charge in [-0.05, 0) is 52.4 Å². The largest absolute Gasteiger partial charge is 0.481 e. The molecular weight excluding hydrogens is 835 g/mol. The minimum Gasteiger partial charge on any atom is -0.481 e. The first kappa shape index (κ1) is 55.2. The molecule has 0 spiro atoms. The van der Waals surface area contributed by atoms with E-state index in [1.54, 1.807) is 51.2 Å². The van der Waals surface area contributed by atoms with Gasteiger partial charge < -0.3 is 75.7 Å². The number of aliphatic hydroxyl groups is 9. The van der Waals surface area contributed by atoms with E-state index in [2.05, 4.69) is 0 Å². The summed E-state index contributed by atoms with van der Waals surface area (Å²) in [5.74, 6) is -4.12. The van der Waals surface area contributed by atoms with Gasteiger partial charge in [-0.25, -0.2) is 0 Å². The van der Waals surface area contributed by atoms with Crippen LogP contribution in [0.25, 0.3) is 0 Å². The normalized spacial score (nSPS) is 44.6. The van der Waals surface area contributed by atoms with E-state index in [9.17, 15) is 60.7 Å². The van der Waals surface area contributed by atoms with Gasteiger partial charge in [0, 0.05) is 31.1 Å². The Labute approximate surface area is 376 Å². The number of carbonyl (C=O) groups excluding carboxylic acids is 1. The molecule has 3 aliphatic heterocycles. The van der Waals surface area contributed by atoms with Crippen molar-refractivity contribution in [2.24, 2.45) is 23.5 Å². The van der Waals surface area contributed by atoms with Crippen LogP contribution < -0.4 is 5.73 Å². The van der Waals surface area contributed by atoms with E-state index in [0.29, 0.717) is 0 Å². The molecule has 12 N–H and O–H groups in total. The molecule has 2 fully saturated rings. The zero-order chi connectivity index (χ0) is 47.5. The Balaban J connectivity index is 1.80. The predicted molar refractivity (Wildman–Crippen MR) is 236 cm³/mol. The van der Waals surface area contributed by atoms with Crippen LogP contribution in [0, 0.1) is 17.8 Å². The first-order chi connectivity index (χ1) is 30.3. The molecule has 17 heteroatoms. The van der Waals surface area contributed by atoms with Gasteiger partial charge in [0.15, 0.2) is 6.29 Å². The van der Waals surface area contributed by atoms with Gasteiger partial charge in [-0.3, -0.25) is 9.59 Å². The fourth-order valence-corrected chi connectivity index (χ4v) is 8.05. The molecule has 0 radical (unpaired) electrons. The Bertz CT molecular complexity index is 1570. The van der Waals surface area contributed by atoms with E-state index in [-0.39, 0.29) is 50.9 Å². The number of hydrogen-bond donors (Lipinski definition) is 11. The van der Waals surface area contributed by atoms with E-state index in [1.165, 1.54) is 0 Å². The number of carboxylic acids is 1. The molecule has 17 nitrogen and oxygen atoms in total. The number of cyclic esters (lactones) is 1. The highest BCUT2D eigenvalue weighted by atomic mass is 16.7. The first-order valence-corrected chi connectivity index (χ1v) is 22.6. The van der Waals surface area contributed by atoms with Crippen LogP contribution in [-0.4, -0.2) is 161 Å². The molecule has 19 unspecified atom stereocenters. The number of carboxylic acid groups (broad SMARTS) is 1. The summed E-state index contributed by atoms with van der Waals surface area (Å²) in [5.41, 5.74) is 6.04. The third-order valence-corrected chi connectivity index (χ3v) is 12.2. The van der Waals surface area contributed by atoms with Crippen LogP contribution in [0.3, 0.4) is 0 Å². The van der Waals surface area contributed by atoms with Crippen LogP contribution >= 0.6 is 0 Å². The highest BCUT2D eigenvalue weighted by molar-refractivity contribution is 5.71. The van der Waals surface area contributed by atoms with Crippen molar-refractivity contribution in [3.05, 3.63) is 72.9 Å². The third-order valence-electron chi connectivity index (χ3n) is 12.2. The lowest BCUT2D eigenvalue weighted by molar-refractivity contribution is -0.279. The molecule has 2 bridgehead atoms. The summed E-state index contributed by atoms with van der Waals surface area (Å²) in [6.07, 6.45) is 4.79. The molecule has 0 aromatic carbocycles. The van der Waals surface area contributed by atoms with Gasteiger partial charge >= 0.3 is 11.9 Å². The Morgan fingerprint density at radius 3 is 1.91 bits per heavy atom. The summed E-state index contributed by atoms with van der Waals surface area (Å²) in [6, 6.07) is -1.10. The van der Waals surface area contributed by atoms with Crippen molar-refractivity contribution in [2.75, 3.05) is 0 Å². The topological polar surface area (TPSA) is 299 Å². The van der Waals surface area contributed by atoms with Crippen LogP contribution in [-0.2, 0) is 28.5 Å². The van der Waals surface area contributed by atoms with Crippen molar-refractivity contribution in [1.29, 1.82) is 0 Å². The quantitative estimate of drug-likeness (QED) is 0.179. The van der Waals surface area contributed by atoms with E-state index in [1.807, 2.05) is 49.5 Å². The van der Waals surface area contributed by atoms with Gasteiger partial charge in [-0.15, -0.1) is 0 Å². The summed E-state index contributed by atoms with van der Waals surface area (Å²) in [6.45, 7) is 6.85. The maximum absolute atomic E-state index is 12.6. The zero-order valence-electron chi connectivity index (χ0n) is 37.5. The molecule has 0 amide bonds. The van der Waals surface area contributed by atoms with E-state index in [0.717, 1.165) is 12.8 Å². The number of esters is 1. The number of allylic oxidation sites excluding steroid dienone is 10. The zero-order valence-corrected chi connectivity index (χ0v) is 37.5. The number of aliphatic carboxylic acids is 1. The molecule has 3 aliphatic rings. The molecule has 0 saturated carbocycles. The van der Waals surface area contributed by atoms with Gasteiger partial charge in [0.2, 0.25) is 0 Å². The summed E-state index contributed by atoms with van der Waals surface area (Å²) >= 11 is 0. The second-order valence-corrected chi connectivity index (χ2v) is 17.6. The van der Waals surface area contributed by atoms with Crippen LogP contribution in [0.5, 0.6) is 0 Å². The minimum atomic E-state index is -1.44. The second-order valence-electron chi connectivity index (χ2n) is 17.6. The number of ether oxygens (including phenoxy) is 4. The third kappa shape index (κ3) is 18.6. The van der Waals surface area contributed by atoms with Crippen LogP contribution in [0.1, 0.15) is 91.9 Å². The summed E-state index contributed by atoms with van der Waals surface area (Å²) in [4.78, 5) is 25.1. The van der Waals surface area contributed by atoms with E-state index < -0.39 is 128 Å². The average Bonchev–Trinajstić information content (AvgIpc) is 3.22. The lowest BCUT2D eigenvalue weighted by Gasteiger charge is -2.42. The Morgan fingerprint density at radius 2 is 1.23 bits per heavy atom. The molecule has 64 heavy (non-hydrogen) atoms. The fraction of sp³-hybridized carbons (Fsp3) is 0.702. The van der Waals surface area contributed by atoms with E-state index >= 15 is 0 Å². The highest BCUT2D eigenvalue weighted by Gasteiger charge is 2.46. The molecule has 19 atom stereocenters. The number of carbonyl (C=O) groups is 2. The van der Waals surface area contributed by atoms with Crippen LogP contribution in [0.15, 0.2) is 72.9 Å². The van der Waals surface area contributed by atoms with Gasteiger partial charge in [0.05, 0.1) is 85.7 Å². The van der Waals surface area contributed by atoms with Crippen molar-refractivity contribution in [2.45, 2.75) is 190 Å². The SMILES string of the molecule is CC1/C=C\C=C/CC\C=C/C=C\C=C/C=C/C(OC2OC(C)C(O)C(N)C2O)CC2OC(CC(O)C(O)CCC(O)CC(O)CC(O)CC(=O)OC(C)C(C)C1O)CC(O)C2C(=O)O. The Hall–Kier alpha value is -3.14. The molecule has 0 aromatic rings. The average molecular weight is 910 g/mol. The number of fused-ring (bicyclic) bond motifs is 2. The molecule has 0 aromatic heterocycles. The Kier molecular flexibility index (Phi) is 24.3. The molecular formula is C47H75NO16. The summed E-state index contributed by atoms with van der Waals surface area (Å²) in [7, 11) is 0. The minimum absolute atomic E-state index is 0.0480. The molecule has 364 valence electrons. The summed E-state index contributed by atoms with van der Waals surface area (Å²) < 4.78 is 23.5. The fourth-order valence-electron chi connectivity index (χ4n) is 8.05. The van der Waals surface area contributed by atoms with Crippen molar-refractivity contribution in [3.63, 3.8) is 0 Å². The van der Waals surface area contributed by atoms with Crippen LogP contribution in [0.2, 0.25) is 0 Å². The number of rotatable bonds is 3. The van der Waals surface area contributed by atoms with Gasteiger partial charge in [0.25, 0.3) is 0 Å². The highest BCUT2D eigenvalue weighted by Crippen LogP contribution is 2.33. The molecule has 2 saturated heterocycles. The maximum Gasteiger partial charge on any atom is 0.311 e. The van der Waals surface area contributed by atoms with Gasteiger partial charge in [-0.2, -0.15) is 0 Å². The smallest absolute Gasteiger partial charge is 0.311 e. The molecule has 3 rings (SSSR count). The lowest BCUT2D eigenvalue weighted by Crippen LogP contribution is -2.61. The predicted octanol–water partition coefficient (Wildman–Crippen LogP) is 1.62. The first-order valence-electron chi connectivity index (χ1n) is 22.6. The van der Waals surface area contributed by atoms with Crippen LogP contribution in [0.4, 0.5) is 0 Å². The standard InChI is InChI=1S/C47H75NO16/c1-27-17-15-13-11-9-7-5-6-8-10-12-14-16-18-34(64-47-45(58)42(48)44(57)30(4)62-47)26-39-41(46(59)60)38(54)25-35(63-39)24-37(53)36(52)20-19-31(49)21-32(50)22-33(51)23-40(55)61-29(3)28(2)43(27)56/h5-6,8,10-18,27-39,41-45,47,49-54,56-58H,7,9,19-26,48H2,1-4H3,(H,59,60)/b6-5-,10-8-,13-11-,14-12-,17-15-,18-16+. The number of hydrogen-bond acceptors (Lipinski definition) is 16. The number of aliphatic hydroxyl groups excluding tert-OH is 9. The second kappa shape index (κ2) is 28.1. The lowest BCUT2D eigenvalue weighted by atomic mass is 9.84. The maximum atomic E-state index is 12.6. The van der Waals surface area contributed by atoms with Crippen molar-refractivity contribution >= 4 is 11.9 Å². The monoisotopic (exact) mass is 910 g/mol. The summed E-state index contributed by atoms with van der Waals surface area (Å²) in [5, 5.41) is 107. The van der Waals surface area contributed by atoms with Crippen molar-refractivity contribution < 1.29 is 79.6 Å². The van der Waals surface area contributed by atoms with Crippen molar-refractivity contribution in [3.8, 4) is 0 Å². The molecule has 0 aliphatic carbocycles. The van der Waals surface area contributed by atoms with Gasteiger partial charge in [-0.1, -0.05) is 86.8 Å².